The Morgan fingerprint density at radius 2 is 1.93 bits per heavy atom. The van der Waals surface area contributed by atoms with Crippen molar-refractivity contribution in [3.05, 3.63) is 77.4 Å². The summed E-state index contributed by atoms with van der Waals surface area (Å²) in [5.74, 6) is -1.08. The van der Waals surface area contributed by atoms with E-state index in [1.54, 1.807) is 13.0 Å². The van der Waals surface area contributed by atoms with Crippen molar-refractivity contribution in [1.82, 2.24) is 5.16 Å². The summed E-state index contributed by atoms with van der Waals surface area (Å²) in [6, 6.07) is 15.1. The highest BCUT2D eigenvalue weighted by molar-refractivity contribution is 6.06. The van der Waals surface area contributed by atoms with Crippen LogP contribution in [0.3, 0.4) is 0 Å². The van der Waals surface area contributed by atoms with Gasteiger partial charge in [-0.2, -0.15) is 0 Å². The molecular formula is C21H20FN3O2. The third kappa shape index (κ3) is 4.88. The summed E-state index contributed by atoms with van der Waals surface area (Å²) in [7, 11) is 0. The molecule has 0 saturated carbocycles. The van der Waals surface area contributed by atoms with E-state index in [4.69, 9.17) is 4.52 Å². The lowest BCUT2D eigenvalue weighted by atomic mass is 10.1. The lowest BCUT2D eigenvalue weighted by Crippen LogP contribution is -2.22. The van der Waals surface area contributed by atoms with E-state index in [0.717, 1.165) is 12.1 Å². The van der Waals surface area contributed by atoms with Gasteiger partial charge in [-0.05, 0) is 55.3 Å². The van der Waals surface area contributed by atoms with Gasteiger partial charge in [0.25, 0.3) is 0 Å². The molecule has 0 saturated heterocycles. The summed E-state index contributed by atoms with van der Waals surface area (Å²) in [5, 5.41) is 6.60. The Labute approximate surface area is 156 Å². The van der Waals surface area contributed by atoms with Crippen LogP contribution in [0.5, 0.6) is 0 Å². The number of aromatic nitrogens is 1. The molecule has 0 radical (unpaired) electrons. The van der Waals surface area contributed by atoms with Crippen molar-refractivity contribution in [3.8, 4) is 0 Å². The van der Waals surface area contributed by atoms with Crippen LogP contribution < -0.4 is 5.32 Å². The highest BCUT2D eigenvalue weighted by atomic mass is 19.1. The van der Waals surface area contributed by atoms with E-state index in [1.807, 2.05) is 24.3 Å². The van der Waals surface area contributed by atoms with Gasteiger partial charge in [0.05, 0.1) is 11.4 Å². The Kier molecular flexibility index (Phi) is 5.76. The zero-order valence-corrected chi connectivity index (χ0v) is 15.1. The maximum Gasteiger partial charge on any atom is 0.240 e. The first-order chi connectivity index (χ1) is 13.0. The summed E-state index contributed by atoms with van der Waals surface area (Å²) >= 11 is 0. The molecule has 2 aromatic carbocycles. The summed E-state index contributed by atoms with van der Waals surface area (Å²) in [4.78, 5) is 17.2. The molecule has 6 heteroatoms. The van der Waals surface area contributed by atoms with Crippen molar-refractivity contribution in [3.63, 3.8) is 0 Å². The molecule has 0 spiro atoms. The lowest BCUT2D eigenvalue weighted by Gasteiger charge is -2.10. The molecule has 0 aliphatic rings. The zero-order chi connectivity index (χ0) is 19.2. The highest BCUT2D eigenvalue weighted by Gasteiger charge is 2.23. The Morgan fingerprint density at radius 1 is 1.22 bits per heavy atom. The van der Waals surface area contributed by atoms with Gasteiger partial charge in [0.2, 0.25) is 5.91 Å². The highest BCUT2D eigenvalue weighted by Crippen LogP contribution is 2.21. The van der Waals surface area contributed by atoms with Gasteiger partial charge in [0.1, 0.15) is 11.7 Å². The maximum absolute atomic E-state index is 13.1. The van der Waals surface area contributed by atoms with Crippen LogP contribution in [0.25, 0.3) is 0 Å². The predicted molar refractivity (Wildman–Crippen MR) is 103 cm³/mol. The predicted octanol–water partition coefficient (Wildman–Crippen LogP) is 4.81. The normalized spacial score (nSPS) is 12.3. The summed E-state index contributed by atoms with van der Waals surface area (Å²) in [6.45, 7) is 3.86. The van der Waals surface area contributed by atoms with Crippen LogP contribution in [0.2, 0.25) is 0 Å². The smallest absolute Gasteiger partial charge is 0.240 e. The van der Waals surface area contributed by atoms with E-state index in [1.165, 1.54) is 36.0 Å². The van der Waals surface area contributed by atoms with Crippen LogP contribution in [-0.4, -0.2) is 17.3 Å². The number of nitrogens with one attached hydrogen (secondary N) is 1. The molecule has 0 bridgehead atoms. The SMILES string of the molecule is CCc1ccc(N=CC(C(=O)Nc2ccc(F)cc2)c2cc(C)no2)cc1. The molecule has 3 rings (SSSR count). The van der Waals surface area contributed by atoms with E-state index >= 15 is 0 Å². The molecule has 0 fully saturated rings. The van der Waals surface area contributed by atoms with Gasteiger partial charge in [0.15, 0.2) is 5.76 Å². The molecule has 1 atom stereocenters. The Balaban J connectivity index is 1.82. The average Bonchev–Trinajstić information content (AvgIpc) is 3.10. The van der Waals surface area contributed by atoms with E-state index in [-0.39, 0.29) is 11.7 Å². The molecule has 0 aliphatic carbocycles. The molecule has 1 unspecified atom stereocenters. The van der Waals surface area contributed by atoms with Gasteiger partial charge < -0.3 is 9.84 Å². The maximum atomic E-state index is 13.1. The summed E-state index contributed by atoms with van der Waals surface area (Å²) in [6.07, 6.45) is 2.48. The number of nitrogens with zero attached hydrogens (tertiary/aromatic N) is 2. The monoisotopic (exact) mass is 365 g/mol. The third-order valence-corrected chi connectivity index (χ3v) is 4.06. The van der Waals surface area contributed by atoms with E-state index in [2.05, 4.69) is 22.4 Å². The van der Waals surface area contributed by atoms with Crippen molar-refractivity contribution in [1.29, 1.82) is 0 Å². The molecule has 1 heterocycles. The lowest BCUT2D eigenvalue weighted by molar-refractivity contribution is -0.116. The Bertz CT molecular complexity index is 931. The van der Waals surface area contributed by atoms with Crippen LogP contribution in [0, 0.1) is 12.7 Å². The fraction of sp³-hybridized carbons (Fsp3) is 0.190. The minimum Gasteiger partial charge on any atom is -0.360 e. The fourth-order valence-corrected chi connectivity index (χ4v) is 2.53. The number of amides is 1. The van der Waals surface area contributed by atoms with E-state index < -0.39 is 5.92 Å². The van der Waals surface area contributed by atoms with Crippen molar-refractivity contribution in [2.24, 2.45) is 4.99 Å². The van der Waals surface area contributed by atoms with Crippen LogP contribution in [0.4, 0.5) is 15.8 Å². The van der Waals surface area contributed by atoms with Crippen molar-refractivity contribution >= 4 is 23.5 Å². The van der Waals surface area contributed by atoms with Crippen LogP contribution in [-0.2, 0) is 11.2 Å². The van der Waals surface area contributed by atoms with Crippen LogP contribution in [0.15, 0.2) is 64.1 Å². The van der Waals surface area contributed by atoms with Gasteiger partial charge in [-0.15, -0.1) is 0 Å². The topological polar surface area (TPSA) is 67.5 Å². The number of hydrogen-bond acceptors (Lipinski definition) is 4. The first kappa shape index (κ1) is 18.5. The Morgan fingerprint density at radius 3 is 2.52 bits per heavy atom. The number of anilines is 1. The molecule has 3 aromatic rings. The number of halogens is 1. The average molecular weight is 365 g/mol. The number of carbonyl (C=O) groups excluding carboxylic acids is 1. The largest absolute Gasteiger partial charge is 0.360 e. The molecule has 1 N–H and O–H groups in total. The van der Waals surface area contributed by atoms with Crippen molar-refractivity contribution in [2.75, 3.05) is 5.32 Å². The van der Waals surface area contributed by atoms with Crippen LogP contribution >= 0.6 is 0 Å². The summed E-state index contributed by atoms with van der Waals surface area (Å²) < 4.78 is 18.3. The van der Waals surface area contributed by atoms with Crippen LogP contribution in [0.1, 0.15) is 29.9 Å². The first-order valence-electron chi connectivity index (χ1n) is 8.68. The van der Waals surface area contributed by atoms with E-state index in [0.29, 0.717) is 17.1 Å². The number of benzene rings is 2. The Hall–Kier alpha value is -3.28. The van der Waals surface area contributed by atoms with Gasteiger partial charge in [0, 0.05) is 18.0 Å². The van der Waals surface area contributed by atoms with Gasteiger partial charge in [-0.1, -0.05) is 24.2 Å². The summed E-state index contributed by atoms with van der Waals surface area (Å²) in [5.41, 5.74) is 3.11. The second-order valence-corrected chi connectivity index (χ2v) is 6.14. The molecule has 1 aromatic heterocycles. The molecule has 1 amide bonds. The van der Waals surface area contributed by atoms with Crippen molar-refractivity contribution in [2.45, 2.75) is 26.2 Å². The first-order valence-corrected chi connectivity index (χ1v) is 8.68. The second-order valence-electron chi connectivity index (χ2n) is 6.14. The number of rotatable bonds is 6. The number of aliphatic imine (C=N–C) groups is 1. The number of carbonyl (C=O) groups is 1. The molecule has 5 nitrogen and oxygen atoms in total. The van der Waals surface area contributed by atoms with Crippen molar-refractivity contribution < 1.29 is 13.7 Å². The number of hydrogen-bond donors (Lipinski definition) is 1. The standard InChI is InChI=1S/C21H20FN3O2/c1-3-15-4-8-17(9-5-15)23-13-19(20-12-14(2)25-27-20)21(26)24-18-10-6-16(22)7-11-18/h4-13,19H,3H2,1-2H3,(H,24,26). The fourth-order valence-electron chi connectivity index (χ4n) is 2.53. The third-order valence-electron chi connectivity index (χ3n) is 4.06. The number of aryl methyl sites for hydroxylation is 2. The van der Waals surface area contributed by atoms with Gasteiger partial charge in [-0.25, -0.2) is 4.39 Å². The molecule has 27 heavy (non-hydrogen) atoms. The van der Waals surface area contributed by atoms with Gasteiger partial charge >= 0.3 is 0 Å². The minimum atomic E-state index is -0.762. The molecule has 0 aliphatic heterocycles. The second kappa shape index (κ2) is 8.40. The molecule has 138 valence electrons. The van der Waals surface area contributed by atoms with E-state index in [9.17, 15) is 9.18 Å². The minimum absolute atomic E-state index is 0.341. The van der Waals surface area contributed by atoms with Gasteiger partial charge in [-0.3, -0.25) is 9.79 Å². The quantitative estimate of drug-likeness (QED) is 0.638. The molecular weight excluding hydrogens is 345 g/mol. The zero-order valence-electron chi connectivity index (χ0n) is 15.1.